The number of hydrogen-bond donors (Lipinski definition) is 4. The lowest BCUT2D eigenvalue weighted by molar-refractivity contribution is -0.150. The van der Waals surface area contributed by atoms with Crippen LogP contribution in [0.2, 0.25) is 0 Å². The number of rotatable bonds is 19. The summed E-state index contributed by atoms with van der Waals surface area (Å²) in [6.45, 7) is 7.40. The maximum absolute atomic E-state index is 17.7. The number of piperidine rings is 1. The molecule has 89 heavy (non-hydrogen) atoms. The summed E-state index contributed by atoms with van der Waals surface area (Å²) >= 11 is 0. The lowest BCUT2D eigenvalue weighted by atomic mass is 9.89. The van der Waals surface area contributed by atoms with Crippen LogP contribution in [-0.2, 0) is 44.8 Å². The van der Waals surface area contributed by atoms with Crippen LogP contribution in [0.4, 0.5) is 42.9 Å². The molecule has 0 unspecified atom stereocenters. The number of aromatic amines is 1. The Kier molecular flexibility index (Phi) is 19.3. The Balaban J connectivity index is 1.05. The molecule has 4 amide bonds. The fraction of sp³-hybridized carbons (Fsp3) is 0.508. The van der Waals surface area contributed by atoms with Gasteiger partial charge in [0, 0.05) is 69.3 Å². The van der Waals surface area contributed by atoms with E-state index in [1.807, 2.05) is 0 Å². The first-order chi connectivity index (χ1) is 42.6. The number of methoxy groups -OCH3 is 4. The SMILES string of the molecule is COC(=O)N[C@H](C(=O)N1CCC[C@H]1c1nc2cc(F)c([C@H]3CC[C@H](c4cc5nc([C@@H]6CCCN6C(=O)[C@@H](NC(=O)OC)[C@@H](C)OC)n(COC(=O)[C@@H](N)C(C)C)c5cc4F)N3c3cc(F)c(N4CCC(c5ccc(F)cc5)CC4)c(F)c3)cc2[nH]1)[C@@H](C)OC. The van der Waals surface area contributed by atoms with Gasteiger partial charge < -0.3 is 64.6 Å². The number of carbonyl (C=O) groups is 5. The molecule has 4 aromatic carbocycles. The van der Waals surface area contributed by atoms with Gasteiger partial charge in [-0.25, -0.2) is 41.5 Å². The highest BCUT2D eigenvalue weighted by molar-refractivity contribution is 5.88. The van der Waals surface area contributed by atoms with Crippen molar-refractivity contribution in [1.29, 1.82) is 0 Å². The van der Waals surface area contributed by atoms with Gasteiger partial charge in [-0.2, -0.15) is 0 Å². The molecular weight excluding hydrogens is 1170 g/mol. The van der Waals surface area contributed by atoms with E-state index in [0.717, 1.165) is 12.7 Å². The van der Waals surface area contributed by atoms with Gasteiger partial charge in [0.15, 0.2) is 18.4 Å². The minimum Gasteiger partial charge on any atom is -0.453 e. The number of likely N-dealkylation sites (tertiary alicyclic amines) is 2. The third kappa shape index (κ3) is 12.9. The standard InChI is InChI=1S/C63H76F5N11O10/c1-32(2)53(69)61(82)89-31-78-52-30-42(66)40(28-47(52)72-58(78)51-12-10-22-77(51)60(81)55(34(4)86-6)74-63(84)88-8)49-18-17-48(79(49)38-25-43(67)56(44(68)26-38)75-23-19-36(20-24-75)35-13-15-37(64)16-14-35)39-27-45-46(29-41(39)65)71-57(70-45)50-11-9-21-76(50)59(80)54(33(3)85-5)73-62(83)87-7/h13-16,25-30,32-34,36,48-51,53-55H,9-12,17-24,31,69H2,1-8H3,(H,70,71)(H,73,83)(H,74,84)/t33-,34-,48-,49-,50+,51+,53+,54+,55+/m1/s1. The molecule has 4 saturated heterocycles. The number of halogens is 5. The predicted octanol–water partition coefficient (Wildman–Crippen LogP) is 9.40. The van der Waals surface area contributed by atoms with Crippen LogP contribution in [0.5, 0.6) is 0 Å². The van der Waals surface area contributed by atoms with E-state index in [4.69, 9.17) is 39.4 Å². The number of benzene rings is 4. The van der Waals surface area contributed by atoms with Crippen molar-refractivity contribution in [3.05, 3.63) is 118 Å². The summed E-state index contributed by atoms with van der Waals surface area (Å²) in [5, 5.41) is 5.14. The smallest absolute Gasteiger partial charge is 0.407 e. The van der Waals surface area contributed by atoms with Crippen molar-refractivity contribution in [2.45, 2.75) is 146 Å². The van der Waals surface area contributed by atoms with E-state index in [1.165, 1.54) is 73.3 Å². The second kappa shape index (κ2) is 26.9. The van der Waals surface area contributed by atoms with Gasteiger partial charge in [0.05, 0.1) is 72.7 Å². The molecule has 6 aromatic rings. The fourth-order valence-electron chi connectivity index (χ4n) is 13.1. The Bertz CT molecular complexity index is 3580. The Labute approximate surface area is 511 Å². The van der Waals surface area contributed by atoms with E-state index >= 15 is 17.6 Å². The number of nitrogens with two attached hydrogens (primary N) is 1. The zero-order valence-corrected chi connectivity index (χ0v) is 51.0. The number of alkyl carbamates (subject to hydrolysis) is 2. The number of amides is 4. The average molecular weight is 1240 g/mol. The maximum atomic E-state index is 17.7. The van der Waals surface area contributed by atoms with Gasteiger partial charge in [0.1, 0.15) is 52.9 Å². The first-order valence-electron chi connectivity index (χ1n) is 30.1. The predicted molar refractivity (Wildman–Crippen MR) is 318 cm³/mol. The average Bonchev–Trinajstić information content (AvgIpc) is 1.66. The van der Waals surface area contributed by atoms with Gasteiger partial charge >= 0.3 is 18.2 Å². The molecule has 478 valence electrons. The molecule has 26 heteroatoms. The Morgan fingerprint density at radius 1 is 0.640 bits per heavy atom. The Hall–Kier alpha value is -8.10. The highest BCUT2D eigenvalue weighted by Gasteiger charge is 2.44. The first-order valence-corrected chi connectivity index (χ1v) is 30.1. The first kappa shape index (κ1) is 63.9. The second-order valence-electron chi connectivity index (χ2n) is 23.7. The number of nitrogens with zero attached hydrogens (tertiary/aromatic N) is 7. The van der Waals surface area contributed by atoms with Gasteiger partial charge in [-0.05, 0) is 119 Å². The zero-order chi connectivity index (χ0) is 63.7. The zero-order valence-electron chi connectivity index (χ0n) is 51.0. The van der Waals surface area contributed by atoms with E-state index in [0.29, 0.717) is 69.5 Å². The van der Waals surface area contributed by atoms with Crippen molar-refractivity contribution in [3.63, 3.8) is 0 Å². The third-order valence-corrected chi connectivity index (χ3v) is 18.2. The number of ether oxygens (including phenoxy) is 5. The molecule has 0 spiro atoms. The van der Waals surface area contributed by atoms with Crippen LogP contribution in [0.25, 0.3) is 22.1 Å². The van der Waals surface area contributed by atoms with Crippen LogP contribution in [0, 0.1) is 35.0 Å². The van der Waals surface area contributed by atoms with Crippen molar-refractivity contribution in [1.82, 2.24) is 40.0 Å². The number of nitrogens with one attached hydrogen (secondary N) is 3. The second-order valence-corrected chi connectivity index (χ2v) is 23.7. The summed E-state index contributed by atoms with van der Waals surface area (Å²) in [5.74, 6) is -5.05. The van der Waals surface area contributed by atoms with Crippen LogP contribution in [0.3, 0.4) is 0 Å². The Morgan fingerprint density at radius 2 is 1.19 bits per heavy atom. The topological polar surface area (TPSA) is 241 Å². The van der Waals surface area contributed by atoms with Gasteiger partial charge in [-0.1, -0.05) is 26.0 Å². The number of aromatic nitrogens is 4. The number of fused-ring (bicyclic) bond motifs is 2. The Morgan fingerprint density at radius 3 is 1.75 bits per heavy atom. The van der Waals surface area contributed by atoms with Crippen LogP contribution in [0.1, 0.15) is 137 Å². The van der Waals surface area contributed by atoms with E-state index in [2.05, 4.69) is 15.6 Å². The summed E-state index contributed by atoms with van der Waals surface area (Å²) < 4.78 is 111. The van der Waals surface area contributed by atoms with Crippen LogP contribution in [-0.4, -0.2) is 144 Å². The van der Waals surface area contributed by atoms with Crippen molar-refractivity contribution in [2.24, 2.45) is 11.7 Å². The van der Waals surface area contributed by atoms with E-state index in [-0.39, 0.29) is 81.9 Å². The number of esters is 1. The molecule has 21 nitrogen and oxygen atoms in total. The van der Waals surface area contributed by atoms with Crippen LogP contribution >= 0.6 is 0 Å². The number of imidazole rings is 2. The molecule has 2 aromatic heterocycles. The number of carbonyl (C=O) groups excluding carboxylic acids is 5. The van der Waals surface area contributed by atoms with E-state index in [9.17, 15) is 28.4 Å². The number of anilines is 2. The summed E-state index contributed by atoms with van der Waals surface area (Å²) in [7, 11) is 5.15. The van der Waals surface area contributed by atoms with E-state index < -0.39 is 114 Å². The number of H-pyrrole nitrogens is 1. The molecule has 10 rings (SSSR count). The molecule has 0 aliphatic carbocycles. The molecule has 6 heterocycles. The number of hydrogen-bond acceptors (Lipinski definition) is 15. The van der Waals surface area contributed by atoms with Gasteiger partial charge in [-0.3, -0.25) is 19.0 Å². The lowest BCUT2D eigenvalue weighted by Gasteiger charge is -2.36. The molecule has 4 aliphatic rings. The third-order valence-electron chi connectivity index (χ3n) is 18.2. The van der Waals surface area contributed by atoms with Gasteiger partial charge in [0.25, 0.3) is 0 Å². The molecule has 9 atom stereocenters. The molecule has 4 aliphatic heterocycles. The molecule has 0 saturated carbocycles. The molecule has 0 radical (unpaired) electrons. The molecule has 4 fully saturated rings. The minimum absolute atomic E-state index is 0.0117. The highest BCUT2D eigenvalue weighted by atomic mass is 19.1. The van der Waals surface area contributed by atoms with Crippen LogP contribution < -0.4 is 26.2 Å². The van der Waals surface area contributed by atoms with Gasteiger partial charge in [-0.15, -0.1) is 0 Å². The molecule has 5 N–H and O–H groups in total. The summed E-state index contributed by atoms with van der Waals surface area (Å²) in [5.41, 5.74) is 7.98. The van der Waals surface area contributed by atoms with Crippen molar-refractivity contribution < 1.29 is 69.6 Å². The highest BCUT2D eigenvalue weighted by Crippen LogP contribution is 2.50. The van der Waals surface area contributed by atoms with Crippen LogP contribution in [0.15, 0.2) is 60.7 Å². The summed E-state index contributed by atoms with van der Waals surface area (Å²) in [4.78, 5) is 86.4. The van der Waals surface area contributed by atoms with E-state index in [1.54, 1.807) is 60.6 Å². The summed E-state index contributed by atoms with van der Waals surface area (Å²) in [6, 6.07) is 7.37. The molecule has 0 bridgehead atoms. The minimum atomic E-state index is -1.20. The summed E-state index contributed by atoms with van der Waals surface area (Å²) in [6.07, 6.45) is 0.0529. The van der Waals surface area contributed by atoms with Crippen molar-refractivity contribution in [2.75, 3.05) is 64.4 Å². The molecular formula is C63H76F5N11O10. The van der Waals surface area contributed by atoms with Crippen molar-refractivity contribution in [3.8, 4) is 0 Å². The monoisotopic (exact) mass is 1240 g/mol. The maximum Gasteiger partial charge on any atom is 0.407 e. The lowest BCUT2D eigenvalue weighted by Crippen LogP contribution is -2.54. The fourth-order valence-corrected chi connectivity index (χ4v) is 13.1. The quantitative estimate of drug-likeness (QED) is 0.0335. The normalized spacial score (nSPS) is 20.7. The largest absolute Gasteiger partial charge is 0.453 e. The van der Waals surface area contributed by atoms with Crippen molar-refractivity contribution >= 4 is 63.4 Å². The van der Waals surface area contributed by atoms with Gasteiger partial charge in [0.2, 0.25) is 11.8 Å².